The minimum atomic E-state index is -0.511. The lowest BCUT2D eigenvalue weighted by Crippen LogP contribution is -2.30. The molecule has 4 rings (SSSR count). The molecule has 200 valence electrons. The molecule has 0 aliphatic heterocycles. The lowest BCUT2D eigenvalue weighted by molar-refractivity contribution is 0.322. The van der Waals surface area contributed by atoms with Crippen LogP contribution in [0.5, 0.6) is 23.0 Å². The summed E-state index contributed by atoms with van der Waals surface area (Å²) in [6.45, 7) is 18.6. The lowest BCUT2D eigenvalue weighted by Gasteiger charge is -2.34. The van der Waals surface area contributed by atoms with Gasteiger partial charge in [-0.15, -0.1) is 13.2 Å². The highest BCUT2D eigenvalue weighted by Gasteiger charge is 2.59. The first-order valence-corrected chi connectivity index (χ1v) is 13.0. The van der Waals surface area contributed by atoms with Gasteiger partial charge in [-0.1, -0.05) is 39.8 Å². The number of fused-ring (bicyclic) bond motifs is 4. The highest BCUT2D eigenvalue weighted by atomic mass is 16.3. The summed E-state index contributed by atoms with van der Waals surface area (Å²) in [5.41, 5.74) is 4.45. The van der Waals surface area contributed by atoms with E-state index in [9.17, 15) is 20.4 Å². The summed E-state index contributed by atoms with van der Waals surface area (Å²) >= 11 is 0. The number of rotatable bonds is 8. The third kappa shape index (κ3) is 4.20. The van der Waals surface area contributed by atoms with Crippen LogP contribution < -0.4 is 0 Å². The zero-order valence-electron chi connectivity index (χ0n) is 23.1. The van der Waals surface area contributed by atoms with E-state index in [1.54, 1.807) is 12.1 Å². The molecule has 0 radical (unpaired) electrons. The van der Waals surface area contributed by atoms with Crippen LogP contribution in [0.1, 0.15) is 73.9 Å². The first kappa shape index (κ1) is 27.1. The molecule has 0 saturated carbocycles. The Labute approximate surface area is 221 Å². The van der Waals surface area contributed by atoms with Gasteiger partial charge in [-0.2, -0.15) is 0 Å². The Hall–Kier alpha value is -2.96. The monoisotopic (exact) mass is 506 g/mol. The van der Waals surface area contributed by atoms with Gasteiger partial charge in [0, 0.05) is 42.7 Å². The quantitative estimate of drug-likeness (QED) is 0.284. The van der Waals surface area contributed by atoms with E-state index in [0.29, 0.717) is 37.3 Å². The van der Waals surface area contributed by atoms with Gasteiger partial charge in [0.15, 0.2) is 23.0 Å². The van der Waals surface area contributed by atoms with Crippen LogP contribution >= 0.6 is 0 Å². The molecule has 0 atom stereocenters. The molecule has 0 heterocycles. The number of aromatic hydroxyl groups is 4. The second-order valence-corrected chi connectivity index (χ2v) is 12.5. The molecule has 1 spiro atoms. The number of hydrogen-bond donors (Lipinski definition) is 4. The molecule has 2 aliphatic carbocycles. The van der Waals surface area contributed by atoms with Crippen molar-refractivity contribution in [2.75, 3.05) is 27.2 Å². The van der Waals surface area contributed by atoms with E-state index < -0.39 is 5.41 Å². The normalized spacial score (nSPS) is 18.4. The fraction of sp³-hybridized carbons (Fsp3) is 0.484. The molecule has 0 saturated heterocycles. The summed E-state index contributed by atoms with van der Waals surface area (Å²) in [6.07, 6.45) is 5.16. The van der Waals surface area contributed by atoms with Gasteiger partial charge in [0.25, 0.3) is 0 Å². The van der Waals surface area contributed by atoms with Crippen molar-refractivity contribution in [3.8, 4) is 23.0 Å². The highest BCUT2D eigenvalue weighted by molar-refractivity contribution is 5.70. The Morgan fingerprint density at radius 2 is 1.08 bits per heavy atom. The maximum Gasteiger partial charge on any atom is 0.162 e. The average Bonchev–Trinajstić information content (AvgIpc) is 3.13. The lowest BCUT2D eigenvalue weighted by atomic mass is 9.70. The number of phenolic OH excluding ortho intramolecular Hbond substituents is 4. The zero-order valence-corrected chi connectivity index (χ0v) is 23.1. The zero-order chi connectivity index (χ0) is 27.5. The van der Waals surface area contributed by atoms with E-state index in [1.807, 2.05) is 26.2 Å². The largest absolute Gasteiger partial charge is 0.504 e. The van der Waals surface area contributed by atoms with Crippen LogP contribution in [0.2, 0.25) is 0 Å². The topological polar surface area (TPSA) is 87.4 Å². The molecule has 6 heteroatoms. The highest BCUT2D eigenvalue weighted by Crippen LogP contribution is 2.66. The first-order chi connectivity index (χ1) is 17.2. The van der Waals surface area contributed by atoms with Crippen molar-refractivity contribution in [3.63, 3.8) is 0 Å². The molecular formula is C31H42N2O4. The Balaban J connectivity index is 2.10. The summed E-state index contributed by atoms with van der Waals surface area (Å²) in [7, 11) is 3.94. The van der Waals surface area contributed by atoms with Crippen molar-refractivity contribution in [2.45, 2.75) is 69.9 Å². The fourth-order valence-electron chi connectivity index (χ4n) is 7.24. The van der Waals surface area contributed by atoms with Crippen molar-refractivity contribution < 1.29 is 20.4 Å². The van der Waals surface area contributed by atoms with Crippen LogP contribution in [0.25, 0.3) is 0 Å². The maximum absolute atomic E-state index is 11.2. The average molecular weight is 507 g/mol. The van der Waals surface area contributed by atoms with E-state index >= 15 is 0 Å². The summed E-state index contributed by atoms with van der Waals surface area (Å²) < 4.78 is 0. The van der Waals surface area contributed by atoms with Crippen LogP contribution in [0.15, 0.2) is 37.4 Å². The van der Waals surface area contributed by atoms with E-state index in [0.717, 1.165) is 35.1 Å². The minimum absolute atomic E-state index is 0.0914. The summed E-state index contributed by atoms with van der Waals surface area (Å²) in [5, 5.41) is 44.1. The predicted octanol–water partition coefficient (Wildman–Crippen LogP) is 5.39. The van der Waals surface area contributed by atoms with Crippen molar-refractivity contribution >= 4 is 0 Å². The van der Waals surface area contributed by atoms with Gasteiger partial charge in [0.1, 0.15) is 0 Å². The third-order valence-corrected chi connectivity index (χ3v) is 8.40. The molecule has 4 N–H and O–H groups in total. The molecule has 0 fully saturated rings. The molecule has 0 unspecified atom stereocenters. The summed E-state index contributed by atoms with van der Waals surface area (Å²) in [4.78, 5) is 4.13. The van der Waals surface area contributed by atoms with Crippen molar-refractivity contribution in [2.24, 2.45) is 0 Å². The van der Waals surface area contributed by atoms with Gasteiger partial charge in [0.2, 0.25) is 0 Å². The van der Waals surface area contributed by atoms with Crippen molar-refractivity contribution in [1.82, 2.24) is 9.80 Å². The first-order valence-electron chi connectivity index (χ1n) is 13.0. The molecule has 0 bridgehead atoms. The Morgan fingerprint density at radius 3 is 1.41 bits per heavy atom. The van der Waals surface area contributed by atoms with Gasteiger partial charge in [-0.3, -0.25) is 9.80 Å². The van der Waals surface area contributed by atoms with Crippen LogP contribution in [-0.2, 0) is 29.3 Å². The van der Waals surface area contributed by atoms with Gasteiger partial charge in [-0.25, -0.2) is 0 Å². The number of likely N-dealkylation sites (N-methyl/N-ethyl adjacent to an activating group) is 2. The third-order valence-electron chi connectivity index (χ3n) is 8.40. The molecule has 37 heavy (non-hydrogen) atoms. The second kappa shape index (κ2) is 9.10. The molecular weight excluding hydrogens is 464 g/mol. The van der Waals surface area contributed by atoms with Crippen LogP contribution in [-0.4, -0.2) is 57.4 Å². The summed E-state index contributed by atoms with van der Waals surface area (Å²) in [5.74, 6) is -0.400. The van der Waals surface area contributed by atoms with Crippen LogP contribution in [0, 0.1) is 0 Å². The Bertz CT molecular complexity index is 1160. The van der Waals surface area contributed by atoms with Gasteiger partial charge >= 0.3 is 0 Å². The van der Waals surface area contributed by atoms with Crippen molar-refractivity contribution in [3.05, 3.63) is 70.8 Å². The molecule has 6 nitrogen and oxygen atoms in total. The van der Waals surface area contributed by atoms with E-state index in [-0.39, 0.29) is 33.8 Å². The van der Waals surface area contributed by atoms with Gasteiger partial charge < -0.3 is 20.4 Å². The molecule has 0 amide bonds. The predicted molar refractivity (Wildman–Crippen MR) is 149 cm³/mol. The van der Waals surface area contributed by atoms with E-state index in [4.69, 9.17) is 0 Å². The van der Waals surface area contributed by atoms with E-state index in [2.05, 4.69) is 50.7 Å². The molecule has 0 aromatic heterocycles. The van der Waals surface area contributed by atoms with Gasteiger partial charge in [0.05, 0.1) is 0 Å². The number of nitrogens with zero attached hydrogens (tertiary/aromatic N) is 2. The Kier molecular flexibility index (Phi) is 6.66. The molecule has 2 aromatic rings. The SMILES string of the molecule is C=CCN(C)Cc1c(O)c(O)cc2c1C1(CC2(C)C)CC(C)(C)c2cc(O)c(O)c(CN(C)CC=C)c21. The van der Waals surface area contributed by atoms with Gasteiger partial charge in [-0.05, 0) is 72.2 Å². The second-order valence-electron chi connectivity index (χ2n) is 12.5. The van der Waals surface area contributed by atoms with Crippen LogP contribution in [0.3, 0.4) is 0 Å². The fourth-order valence-corrected chi connectivity index (χ4v) is 7.24. The number of phenols is 4. The Morgan fingerprint density at radius 1 is 0.730 bits per heavy atom. The minimum Gasteiger partial charge on any atom is -0.504 e. The smallest absolute Gasteiger partial charge is 0.162 e. The molecule has 2 aromatic carbocycles. The summed E-state index contributed by atoms with van der Waals surface area (Å²) in [6, 6.07) is 3.45. The number of benzene rings is 2. The van der Waals surface area contributed by atoms with Crippen molar-refractivity contribution in [1.29, 1.82) is 0 Å². The number of hydrogen-bond acceptors (Lipinski definition) is 6. The van der Waals surface area contributed by atoms with Crippen LogP contribution in [0.4, 0.5) is 0 Å². The maximum atomic E-state index is 11.2. The van der Waals surface area contributed by atoms with E-state index in [1.165, 1.54) is 0 Å². The standard InChI is InChI=1S/C31H42N2O4/c1-9-11-32(7)15-19-25-21(13-23(34)27(19)36)29(3,4)17-31(25)18-30(5,6)22-14-24(35)28(37)20(26(22)31)16-33(8)12-10-2/h9-10,13-14,34-37H,1-2,11-12,15-18H2,3-8H3. The molecule has 2 aliphatic rings.